The number of rotatable bonds is 8. The number of hydrogen-bond acceptors (Lipinski definition) is 3. The fourth-order valence-corrected chi connectivity index (χ4v) is 1.88. The highest BCUT2D eigenvalue weighted by molar-refractivity contribution is 5.87. The molecule has 0 radical (unpaired) electrons. The summed E-state index contributed by atoms with van der Waals surface area (Å²) in [5, 5.41) is 8.78. The van der Waals surface area contributed by atoms with Crippen LogP contribution in [0.25, 0.3) is 0 Å². The van der Waals surface area contributed by atoms with E-state index in [0.717, 1.165) is 19.3 Å². The Morgan fingerprint density at radius 1 is 1.15 bits per heavy atom. The summed E-state index contributed by atoms with van der Waals surface area (Å²) in [6.45, 7) is 4.01. The van der Waals surface area contributed by atoms with Crippen LogP contribution in [0, 0.1) is 5.92 Å². The van der Waals surface area contributed by atoms with Crippen molar-refractivity contribution < 1.29 is 19.4 Å². The average Bonchev–Trinajstić information content (AvgIpc) is 2.44. The molecule has 0 fully saturated rings. The minimum Gasteiger partial charge on any atom is -0.478 e. The maximum Gasteiger partial charge on any atom is 0.335 e. The van der Waals surface area contributed by atoms with Crippen LogP contribution in [0.4, 0.5) is 0 Å². The Balaban J connectivity index is 2.42. The van der Waals surface area contributed by atoms with E-state index in [1.807, 2.05) is 6.92 Å². The Bertz CT molecular complexity index is 436. The Hall–Kier alpha value is -1.84. The van der Waals surface area contributed by atoms with Crippen molar-refractivity contribution in [3.63, 3.8) is 0 Å². The molecule has 1 N–H and O–H groups in total. The number of unbranched alkanes of at least 4 members (excludes halogenated alkanes) is 3. The van der Waals surface area contributed by atoms with E-state index < -0.39 is 5.97 Å². The lowest BCUT2D eigenvalue weighted by Gasteiger charge is -2.11. The molecule has 110 valence electrons. The minimum atomic E-state index is -0.993. The molecule has 1 rings (SSSR count). The van der Waals surface area contributed by atoms with E-state index in [9.17, 15) is 9.59 Å². The molecular formula is C16H22O4. The van der Waals surface area contributed by atoms with Crippen LogP contribution in [-0.2, 0) is 4.79 Å². The Kier molecular flexibility index (Phi) is 6.77. The number of aromatic carboxylic acids is 1. The Labute approximate surface area is 119 Å². The van der Waals surface area contributed by atoms with E-state index in [1.54, 1.807) is 0 Å². The number of esters is 1. The monoisotopic (exact) mass is 278 g/mol. The van der Waals surface area contributed by atoms with Gasteiger partial charge in [0.15, 0.2) is 0 Å². The van der Waals surface area contributed by atoms with Crippen LogP contribution in [0.1, 0.15) is 56.3 Å². The number of carbonyl (C=O) groups is 2. The smallest absolute Gasteiger partial charge is 0.335 e. The molecule has 4 nitrogen and oxygen atoms in total. The van der Waals surface area contributed by atoms with Crippen LogP contribution in [-0.4, -0.2) is 17.0 Å². The van der Waals surface area contributed by atoms with E-state index in [0.29, 0.717) is 5.75 Å². The summed E-state index contributed by atoms with van der Waals surface area (Å²) in [6.07, 6.45) is 5.36. The quantitative estimate of drug-likeness (QED) is 0.445. The molecule has 0 aliphatic carbocycles. The van der Waals surface area contributed by atoms with Gasteiger partial charge in [0.1, 0.15) is 5.75 Å². The van der Waals surface area contributed by atoms with Crippen LogP contribution >= 0.6 is 0 Å². The highest BCUT2D eigenvalue weighted by atomic mass is 16.5. The number of ether oxygens (including phenoxy) is 1. The third kappa shape index (κ3) is 5.43. The number of benzene rings is 1. The maximum absolute atomic E-state index is 11.9. The Morgan fingerprint density at radius 2 is 1.80 bits per heavy atom. The van der Waals surface area contributed by atoms with Gasteiger partial charge in [0.25, 0.3) is 0 Å². The largest absolute Gasteiger partial charge is 0.478 e. The van der Waals surface area contributed by atoms with Gasteiger partial charge < -0.3 is 9.84 Å². The van der Waals surface area contributed by atoms with Crippen LogP contribution < -0.4 is 4.74 Å². The molecule has 1 aromatic rings. The summed E-state index contributed by atoms with van der Waals surface area (Å²) in [5.74, 6) is -0.997. The number of carboxylic acid groups (broad SMARTS) is 1. The van der Waals surface area contributed by atoms with Crippen molar-refractivity contribution in [3.05, 3.63) is 29.8 Å². The van der Waals surface area contributed by atoms with Crippen molar-refractivity contribution in [1.82, 2.24) is 0 Å². The number of carbonyl (C=O) groups excluding carboxylic acids is 1. The second kappa shape index (κ2) is 8.35. The van der Waals surface area contributed by atoms with Crippen LogP contribution in [0.15, 0.2) is 24.3 Å². The molecule has 0 saturated heterocycles. The highest BCUT2D eigenvalue weighted by Gasteiger charge is 2.15. The molecule has 1 atom stereocenters. The van der Waals surface area contributed by atoms with Gasteiger partial charge in [-0.2, -0.15) is 0 Å². The summed E-state index contributed by atoms with van der Waals surface area (Å²) in [7, 11) is 0. The number of carboxylic acids is 1. The van der Waals surface area contributed by atoms with Crippen LogP contribution in [0.3, 0.4) is 0 Å². The standard InChI is InChI=1S/C16H22O4/c1-3-4-5-6-7-12(2)16(19)20-14-10-8-13(9-11-14)15(17)18/h8-12H,3-7H2,1-2H3,(H,17,18)/t12-/m0/s1. The van der Waals surface area contributed by atoms with Gasteiger partial charge in [0.2, 0.25) is 0 Å². The zero-order valence-electron chi connectivity index (χ0n) is 12.1. The normalized spacial score (nSPS) is 11.9. The van der Waals surface area contributed by atoms with Crippen LogP contribution in [0.5, 0.6) is 5.75 Å². The second-order valence-electron chi connectivity index (χ2n) is 5.00. The summed E-state index contributed by atoms with van der Waals surface area (Å²) in [5.41, 5.74) is 0.178. The lowest BCUT2D eigenvalue weighted by molar-refractivity contribution is -0.138. The molecule has 0 bridgehead atoms. The SMILES string of the molecule is CCCCCC[C@H](C)C(=O)Oc1ccc(C(=O)O)cc1. The van der Waals surface area contributed by atoms with Gasteiger partial charge in [-0.15, -0.1) is 0 Å². The maximum atomic E-state index is 11.9. The van der Waals surface area contributed by atoms with Crippen molar-refractivity contribution >= 4 is 11.9 Å². The van der Waals surface area contributed by atoms with Gasteiger partial charge in [-0.05, 0) is 30.7 Å². The highest BCUT2D eigenvalue weighted by Crippen LogP contribution is 2.17. The van der Waals surface area contributed by atoms with Crippen molar-refractivity contribution in [2.24, 2.45) is 5.92 Å². The summed E-state index contributed by atoms with van der Waals surface area (Å²) in [4.78, 5) is 22.6. The van der Waals surface area contributed by atoms with Gasteiger partial charge in [-0.1, -0.05) is 39.5 Å². The molecule has 4 heteroatoms. The fourth-order valence-electron chi connectivity index (χ4n) is 1.88. The third-order valence-electron chi connectivity index (χ3n) is 3.21. The average molecular weight is 278 g/mol. The third-order valence-corrected chi connectivity index (χ3v) is 3.21. The fraction of sp³-hybridized carbons (Fsp3) is 0.500. The zero-order valence-corrected chi connectivity index (χ0v) is 12.1. The summed E-state index contributed by atoms with van der Waals surface area (Å²) in [6, 6.07) is 5.87. The lowest BCUT2D eigenvalue weighted by Crippen LogP contribution is -2.17. The first kappa shape index (κ1) is 16.2. The predicted octanol–water partition coefficient (Wildman–Crippen LogP) is 3.90. The molecule has 0 unspecified atom stereocenters. The minimum absolute atomic E-state index is 0.133. The molecule has 0 aliphatic rings. The van der Waals surface area contributed by atoms with Crippen molar-refractivity contribution in [1.29, 1.82) is 0 Å². The van der Waals surface area contributed by atoms with Crippen molar-refractivity contribution in [2.75, 3.05) is 0 Å². The zero-order chi connectivity index (χ0) is 15.0. The first-order chi connectivity index (χ1) is 9.54. The van der Waals surface area contributed by atoms with E-state index in [1.165, 1.54) is 37.1 Å². The molecule has 0 aliphatic heterocycles. The van der Waals surface area contributed by atoms with E-state index in [2.05, 4.69) is 6.92 Å². The van der Waals surface area contributed by atoms with Gasteiger partial charge in [-0.3, -0.25) is 4.79 Å². The molecule has 0 amide bonds. The van der Waals surface area contributed by atoms with Crippen LogP contribution in [0.2, 0.25) is 0 Å². The van der Waals surface area contributed by atoms with Gasteiger partial charge in [-0.25, -0.2) is 4.79 Å². The Morgan fingerprint density at radius 3 is 2.35 bits per heavy atom. The second-order valence-corrected chi connectivity index (χ2v) is 5.00. The first-order valence-electron chi connectivity index (χ1n) is 7.09. The van der Waals surface area contributed by atoms with Crippen molar-refractivity contribution in [2.45, 2.75) is 46.0 Å². The lowest BCUT2D eigenvalue weighted by atomic mass is 10.0. The number of hydrogen-bond donors (Lipinski definition) is 1. The van der Waals surface area contributed by atoms with Gasteiger partial charge >= 0.3 is 11.9 Å². The summed E-state index contributed by atoms with van der Waals surface area (Å²) < 4.78 is 5.24. The molecule has 0 saturated carbocycles. The van der Waals surface area contributed by atoms with E-state index in [4.69, 9.17) is 9.84 Å². The predicted molar refractivity (Wildman–Crippen MR) is 77.0 cm³/mol. The molecule has 0 aromatic heterocycles. The molecule has 0 heterocycles. The molecule has 20 heavy (non-hydrogen) atoms. The molecular weight excluding hydrogens is 256 g/mol. The van der Waals surface area contributed by atoms with E-state index >= 15 is 0 Å². The molecule has 0 spiro atoms. The van der Waals surface area contributed by atoms with Gasteiger partial charge in [0, 0.05) is 0 Å². The van der Waals surface area contributed by atoms with Crippen molar-refractivity contribution in [3.8, 4) is 5.75 Å². The van der Waals surface area contributed by atoms with E-state index in [-0.39, 0.29) is 17.5 Å². The molecule has 1 aromatic carbocycles. The first-order valence-corrected chi connectivity index (χ1v) is 7.09. The summed E-state index contributed by atoms with van der Waals surface area (Å²) >= 11 is 0. The van der Waals surface area contributed by atoms with Gasteiger partial charge in [0.05, 0.1) is 11.5 Å². The topological polar surface area (TPSA) is 63.6 Å².